The van der Waals surface area contributed by atoms with Gasteiger partial charge in [0.25, 0.3) is 0 Å². The van der Waals surface area contributed by atoms with E-state index in [2.05, 4.69) is 4.57 Å². The number of carbonyl (C=O) groups is 4. The monoisotopic (exact) mass is 789 g/mol. The molecule has 0 atom stereocenters. The number of hydrogen-bond acceptors (Lipinski definition) is 8. The normalized spacial score (nSPS) is 14.5. The van der Waals surface area contributed by atoms with Gasteiger partial charge >= 0.3 is 0 Å². The lowest BCUT2D eigenvalue weighted by Gasteiger charge is -2.02. The molecule has 9 aromatic rings. The molecule has 4 aromatic carbocycles. The summed E-state index contributed by atoms with van der Waals surface area (Å²) < 4.78 is 63.9. The Balaban J connectivity index is 0.959. The van der Waals surface area contributed by atoms with Crippen LogP contribution < -0.4 is 0 Å². The zero-order valence-electron chi connectivity index (χ0n) is 27.2. The van der Waals surface area contributed by atoms with E-state index >= 15 is 0 Å². The highest BCUT2D eigenvalue weighted by Gasteiger charge is 2.35. The smallest absolute Gasteiger partial charge is 0.197 e. The highest BCUT2D eigenvalue weighted by molar-refractivity contribution is 7.38. The molecular weight excluding hydrogens is 775 g/mol. The second-order valence-corrected chi connectivity index (χ2v) is 17.5. The van der Waals surface area contributed by atoms with Gasteiger partial charge in [-0.25, -0.2) is 17.6 Å². The number of aromatic nitrogens is 1. The molecule has 2 aliphatic rings. The SMILES string of the molecule is Cn1c2c3sc(C=C4C(=O)c5cc6cc(F)c(F)cc6cc5C4=O)cc3sc2c2sc3cc(C=C4C(=O)c5cc6cc(F)c(F)cc6cc5C4=O)sc3c21. The number of thiophene rings is 4. The van der Waals surface area contributed by atoms with E-state index in [4.69, 9.17) is 0 Å². The van der Waals surface area contributed by atoms with Gasteiger partial charge in [0.2, 0.25) is 0 Å². The second kappa shape index (κ2) is 10.8. The molecule has 0 aliphatic heterocycles. The number of carbonyl (C=O) groups excluding carboxylic acids is 4. The third-order valence-corrected chi connectivity index (χ3v) is 15.0. The Morgan fingerprint density at radius 3 is 1.07 bits per heavy atom. The zero-order chi connectivity index (χ0) is 37.1. The molecule has 5 heterocycles. The molecule has 13 heteroatoms. The summed E-state index contributed by atoms with van der Waals surface area (Å²) in [7, 11) is 1.98. The number of nitrogens with zero attached hydrogens (tertiary/aromatic N) is 1. The van der Waals surface area contributed by atoms with E-state index in [1.807, 2.05) is 19.2 Å². The molecule has 0 saturated heterocycles. The molecule has 0 bridgehead atoms. The molecule has 54 heavy (non-hydrogen) atoms. The number of halogens is 4. The predicted molar refractivity (Wildman–Crippen MR) is 208 cm³/mol. The Labute approximate surface area is 315 Å². The molecule has 0 unspecified atom stereocenters. The standard InChI is InChI=1S/C41H15F4NO4S4/c1-46-32-38-30(12-18(51-38)10-24-34(47)20-2-14-6-26(42)27(43)7-15(14)3-21(20)35(24)48)53-40(32)41-33(46)39-31(54-41)13-19(52-39)11-25-36(49)22-4-16-8-28(44)29(45)9-17(16)5-23(22)37(25)50/h2-13H,1H3. The van der Waals surface area contributed by atoms with Crippen LogP contribution in [0.25, 0.3) is 72.9 Å². The second-order valence-electron chi connectivity index (χ2n) is 13.3. The molecule has 0 fully saturated rings. The largest absolute Gasteiger partial charge is 0.340 e. The lowest BCUT2D eigenvalue weighted by molar-refractivity contribution is 0.0975. The molecule has 0 radical (unpaired) electrons. The molecule has 5 aromatic heterocycles. The van der Waals surface area contributed by atoms with Crippen molar-refractivity contribution in [2.24, 2.45) is 7.05 Å². The van der Waals surface area contributed by atoms with Crippen LogP contribution in [0.2, 0.25) is 0 Å². The minimum atomic E-state index is -1.03. The first-order valence-electron chi connectivity index (χ1n) is 16.3. The first kappa shape index (κ1) is 31.9. The maximum atomic E-state index is 13.9. The molecule has 5 nitrogen and oxygen atoms in total. The van der Waals surface area contributed by atoms with Gasteiger partial charge in [-0.3, -0.25) is 19.2 Å². The number of rotatable bonds is 2. The van der Waals surface area contributed by atoms with Crippen LogP contribution >= 0.6 is 45.3 Å². The maximum absolute atomic E-state index is 13.9. The van der Waals surface area contributed by atoms with E-state index < -0.39 is 46.4 Å². The first-order chi connectivity index (χ1) is 25.9. The van der Waals surface area contributed by atoms with E-state index in [0.29, 0.717) is 21.5 Å². The van der Waals surface area contributed by atoms with E-state index in [1.165, 1.54) is 46.9 Å². The van der Waals surface area contributed by atoms with Crippen molar-refractivity contribution in [3.8, 4) is 0 Å². The summed E-state index contributed by atoms with van der Waals surface area (Å²) in [5.41, 5.74) is 2.68. The van der Waals surface area contributed by atoms with Crippen molar-refractivity contribution in [1.82, 2.24) is 4.57 Å². The first-order valence-corrected chi connectivity index (χ1v) is 19.5. The Bertz CT molecular complexity index is 3070. The number of fused-ring (bicyclic) bond motifs is 11. The number of aryl methyl sites for hydroxylation is 1. The van der Waals surface area contributed by atoms with Crippen molar-refractivity contribution in [2.45, 2.75) is 0 Å². The van der Waals surface area contributed by atoms with Crippen molar-refractivity contribution in [1.29, 1.82) is 0 Å². The topological polar surface area (TPSA) is 73.2 Å². The van der Waals surface area contributed by atoms with Crippen LogP contribution in [0, 0.1) is 23.3 Å². The highest BCUT2D eigenvalue weighted by Crippen LogP contribution is 2.51. The van der Waals surface area contributed by atoms with E-state index in [9.17, 15) is 36.7 Å². The summed E-state index contributed by atoms with van der Waals surface area (Å²) in [6.07, 6.45) is 3.18. The Hall–Kier alpha value is -5.60. The summed E-state index contributed by atoms with van der Waals surface area (Å²) in [4.78, 5) is 55.0. The summed E-state index contributed by atoms with van der Waals surface area (Å²) in [5, 5.41) is 1.33. The lowest BCUT2D eigenvalue weighted by Crippen LogP contribution is -1.99. The summed E-state index contributed by atoms with van der Waals surface area (Å²) in [5.74, 6) is -5.97. The van der Waals surface area contributed by atoms with Gasteiger partial charge in [-0.2, -0.15) is 0 Å². The summed E-state index contributed by atoms with van der Waals surface area (Å²) in [6.45, 7) is 0. The van der Waals surface area contributed by atoms with Gasteiger partial charge < -0.3 is 4.57 Å². The Kier molecular flexibility index (Phi) is 6.35. The molecule has 0 amide bonds. The molecule has 0 N–H and O–H groups in total. The fourth-order valence-corrected chi connectivity index (χ4v) is 13.1. The van der Waals surface area contributed by atoms with Gasteiger partial charge in [-0.05, 0) is 94.4 Å². The van der Waals surface area contributed by atoms with Crippen LogP contribution in [0.5, 0.6) is 0 Å². The van der Waals surface area contributed by atoms with Gasteiger partial charge in [0.15, 0.2) is 46.4 Å². The van der Waals surface area contributed by atoms with E-state index in [-0.39, 0.29) is 33.4 Å². The van der Waals surface area contributed by atoms with Crippen LogP contribution in [0.4, 0.5) is 17.6 Å². The van der Waals surface area contributed by atoms with Gasteiger partial charge in [0.05, 0.1) is 41.0 Å². The van der Waals surface area contributed by atoms with Crippen molar-refractivity contribution >= 4 is 141 Å². The molecular formula is C41H15F4NO4S4. The third kappa shape index (κ3) is 4.23. The number of hydrogen-bond donors (Lipinski definition) is 0. The van der Waals surface area contributed by atoms with Gasteiger partial charge in [-0.1, -0.05) is 0 Å². The van der Waals surface area contributed by atoms with Crippen LogP contribution in [-0.2, 0) is 7.05 Å². The van der Waals surface area contributed by atoms with Crippen LogP contribution in [0.15, 0.2) is 71.8 Å². The Morgan fingerprint density at radius 2 is 0.759 bits per heavy atom. The molecule has 2 aliphatic carbocycles. The number of ketones is 4. The fourth-order valence-electron chi connectivity index (χ4n) is 7.63. The van der Waals surface area contributed by atoms with E-state index in [1.54, 1.807) is 34.8 Å². The number of benzene rings is 4. The van der Waals surface area contributed by atoms with Crippen molar-refractivity contribution in [3.63, 3.8) is 0 Å². The fraction of sp³-hybridized carbons (Fsp3) is 0.0244. The molecule has 11 rings (SSSR count). The zero-order valence-corrected chi connectivity index (χ0v) is 30.4. The summed E-state index contributed by atoms with van der Waals surface area (Å²) in [6, 6.07) is 13.7. The van der Waals surface area contributed by atoms with Crippen LogP contribution in [-0.4, -0.2) is 27.7 Å². The van der Waals surface area contributed by atoms with Gasteiger partial charge in [-0.15, -0.1) is 45.3 Å². The minimum Gasteiger partial charge on any atom is -0.340 e. The average Bonchev–Trinajstić information content (AvgIpc) is 3.98. The van der Waals surface area contributed by atoms with Gasteiger partial charge in [0, 0.05) is 48.5 Å². The van der Waals surface area contributed by atoms with Crippen molar-refractivity contribution in [3.05, 3.63) is 127 Å². The minimum absolute atomic E-state index is 0.000374. The molecule has 0 saturated carbocycles. The highest BCUT2D eigenvalue weighted by atomic mass is 32.1. The molecule has 0 spiro atoms. The van der Waals surface area contributed by atoms with Crippen molar-refractivity contribution < 1.29 is 36.7 Å². The third-order valence-electron chi connectivity index (χ3n) is 10.2. The average molecular weight is 790 g/mol. The predicted octanol–water partition coefficient (Wildman–Crippen LogP) is 11.7. The lowest BCUT2D eigenvalue weighted by atomic mass is 10.0. The molecule has 260 valence electrons. The van der Waals surface area contributed by atoms with Crippen LogP contribution in [0.1, 0.15) is 51.2 Å². The van der Waals surface area contributed by atoms with E-state index in [0.717, 1.165) is 73.3 Å². The maximum Gasteiger partial charge on any atom is 0.197 e. The number of Topliss-reactive ketones (excluding diaryl/α,β-unsaturated/α-hetero) is 4. The van der Waals surface area contributed by atoms with Gasteiger partial charge in [0.1, 0.15) is 0 Å². The Morgan fingerprint density at radius 1 is 0.444 bits per heavy atom. The quantitative estimate of drug-likeness (QED) is 0.0993. The number of allylic oxidation sites excluding steroid dienone is 2. The van der Waals surface area contributed by atoms with Crippen LogP contribution in [0.3, 0.4) is 0 Å². The summed E-state index contributed by atoms with van der Waals surface area (Å²) >= 11 is 6.16. The van der Waals surface area contributed by atoms with Crippen molar-refractivity contribution in [2.75, 3.05) is 0 Å².